The molecular weight excluding hydrogens is 388 g/mol. The first kappa shape index (κ1) is 19.4. The second-order valence-electron chi connectivity index (χ2n) is 7.08. The number of aryl methyl sites for hydroxylation is 2. The Balaban J connectivity index is 1.72. The smallest absolute Gasteiger partial charge is 0.311 e. The van der Waals surface area contributed by atoms with Crippen LogP contribution < -0.4 is 16.1 Å². The van der Waals surface area contributed by atoms with E-state index >= 15 is 0 Å². The molecule has 3 aromatic rings. The number of nitrogens with zero attached hydrogens (tertiary/aromatic N) is 4. The minimum atomic E-state index is -0.417. The molecule has 0 radical (unpaired) electrons. The number of para-hydroxylation sites is 1. The minimum Gasteiger partial charge on any atom is -0.311 e. The SMILES string of the molecule is CCc1cnc2c(c1SCC(=O)N1CCc3ccccc31)c(=O)n(C)c(=O)n2C. The third kappa shape index (κ3) is 3.17. The third-order valence-corrected chi connectivity index (χ3v) is 6.55. The molecule has 1 amide bonds. The Bertz CT molecular complexity index is 1250. The Kier molecular flexibility index (Phi) is 5.04. The van der Waals surface area contributed by atoms with E-state index in [0.29, 0.717) is 24.0 Å². The fourth-order valence-electron chi connectivity index (χ4n) is 3.77. The van der Waals surface area contributed by atoms with Crippen LogP contribution in [0.4, 0.5) is 5.69 Å². The predicted octanol–water partition coefficient (Wildman–Crippen LogP) is 1.88. The van der Waals surface area contributed by atoms with Crippen molar-refractivity contribution >= 4 is 34.4 Å². The summed E-state index contributed by atoms with van der Waals surface area (Å²) in [5, 5.41) is 0.397. The van der Waals surface area contributed by atoms with Gasteiger partial charge in [0.1, 0.15) is 5.65 Å². The Labute approximate surface area is 172 Å². The van der Waals surface area contributed by atoms with Crippen molar-refractivity contribution in [2.24, 2.45) is 14.1 Å². The van der Waals surface area contributed by atoms with E-state index in [-0.39, 0.29) is 17.2 Å². The highest BCUT2D eigenvalue weighted by Gasteiger charge is 2.25. The van der Waals surface area contributed by atoms with Crippen LogP contribution in [0.1, 0.15) is 18.1 Å². The van der Waals surface area contributed by atoms with E-state index in [1.807, 2.05) is 36.1 Å². The zero-order chi connectivity index (χ0) is 20.7. The molecule has 29 heavy (non-hydrogen) atoms. The third-order valence-electron chi connectivity index (χ3n) is 5.40. The number of benzene rings is 1. The summed E-state index contributed by atoms with van der Waals surface area (Å²) in [6.07, 6.45) is 3.23. The normalized spacial score (nSPS) is 13.1. The highest BCUT2D eigenvalue weighted by atomic mass is 32.2. The molecule has 7 nitrogen and oxygen atoms in total. The fourth-order valence-corrected chi connectivity index (χ4v) is 4.90. The van der Waals surface area contributed by atoms with Gasteiger partial charge in [-0.3, -0.25) is 18.7 Å². The van der Waals surface area contributed by atoms with Crippen LogP contribution in [-0.2, 0) is 31.7 Å². The lowest BCUT2D eigenvalue weighted by molar-refractivity contribution is -0.116. The molecule has 0 fully saturated rings. The van der Waals surface area contributed by atoms with Gasteiger partial charge in [0.2, 0.25) is 5.91 Å². The molecule has 0 saturated carbocycles. The molecule has 3 heterocycles. The average Bonchev–Trinajstić information content (AvgIpc) is 3.18. The zero-order valence-electron chi connectivity index (χ0n) is 16.6. The summed E-state index contributed by atoms with van der Waals surface area (Å²) in [6, 6.07) is 7.94. The van der Waals surface area contributed by atoms with Crippen molar-refractivity contribution in [3.63, 3.8) is 0 Å². The van der Waals surface area contributed by atoms with Gasteiger partial charge in [0.15, 0.2) is 0 Å². The van der Waals surface area contributed by atoms with Gasteiger partial charge in [-0.25, -0.2) is 9.78 Å². The molecule has 0 bridgehead atoms. The van der Waals surface area contributed by atoms with Crippen LogP contribution in [0, 0.1) is 0 Å². The summed E-state index contributed by atoms with van der Waals surface area (Å²) in [5.41, 5.74) is 2.59. The van der Waals surface area contributed by atoms with Crippen LogP contribution in [0.5, 0.6) is 0 Å². The number of hydrogen-bond acceptors (Lipinski definition) is 5. The zero-order valence-corrected chi connectivity index (χ0v) is 17.5. The summed E-state index contributed by atoms with van der Waals surface area (Å²) in [7, 11) is 3.06. The molecule has 1 aliphatic heterocycles. The van der Waals surface area contributed by atoms with Gasteiger partial charge in [-0.1, -0.05) is 25.1 Å². The largest absolute Gasteiger partial charge is 0.332 e. The lowest BCUT2D eigenvalue weighted by Crippen LogP contribution is -2.37. The number of carbonyl (C=O) groups excluding carboxylic acids is 1. The van der Waals surface area contributed by atoms with Crippen LogP contribution in [0.25, 0.3) is 11.0 Å². The molecule has 0 N–H and O–H groups in total. The van der Waals surface area contributed by atoms with Crippen molar-refractivity contribution in [2.75, 3.05) is 17.2 Å². The van der Waals surface area contributed by atoms with Gasteiger partial charge < -0.3 is 4.90 Å². The number of carbonyl (C=O) groups is 1. The molecule has 150 valence electrons. The van der Waals surface area contributed by atoms with Crippen LogP contribution >= 0.6 is 11.8 Å². The summed E-state index contributed by atoms with van der Waals surface area (Å²) in [6.45, 7) is 2.66. The first-order chi connectivity index (χ1) is 13.9. The van der Waals surface area contributed by atoms with Gasteiger partial charge in [0.05, 0.1) is 11.1 Å². The van der Waals surface area contributed by atoms with Crippen LogP contribution in [-0.4, -0.2) is 32.3 Å². The van der Waals surface area contributed by atoms with E-state index in [1.54, 1.807) is 13.2 Å². The van der Waals surface area contributed by atoms with E-state index in [9.17, 15) is 14.4 Å². The molecule has 0 atom stereocenters. The van der Waals surface area contributed by atoms with Crippen LogP contribution in [0.15, 0.2) is 44.9 Å². The predicted molar refractivity (Wildman–Crippen MR) is 115 cm³/mol. The quantitative estimate of drug-likeness (QED) is 0.614. The Morgan fingerprint density at radius 2 is 1.93 bits per heavy atom. The van der Waals surface area contributed by atoms with Gasteiger partial charge in [0.25, 0.3) is 5.56 Å². The second-order valence-corrected chi connectivity index (χ2v) is 8.07. The summed E-state index contributed by atoms with van der Waals surface area (Å²) >= 11 is 1.35. The number of aromatic nitrogens is 3. The molecule has 0 unspecified atom stereocenters. The van der Waals surface area contributed by atoms with E-state index in [4.69, 9.17) is 0 Å². The second kappa shape index (κ2) is 7.51. The van der Waals surface area contributed by atoms with E-state index in [2.05, 4.69) is 4.98 Å². The van der Waals surface area contributed by atoms with Crippen molar-refractivity contribution in [3.05, 3.63) is 62.4 Å². The lowest BCUT2D eigenvalue weighted by atomic mass is 10.2. The first-order valence-corrected chi connectivity index (χ1v) is 10.5. The molecule has 0 saturated heterocycles. The van der Waals surface area contributed by atoms with Crippen molar-refractivity contribution in [3.8, 4) is 0 Å². The van der Waals surface area contributed by atoms with Crippen molar-refractivity contribution in [1.82, 2.24) is 14.1 Å². The van der Waals surface area contributed by atoms with Crippen LogP contribution in [0.3, 0.4) is 0 Å². The van der Waals surface area contributed by atoms with E-state index < -0.39 is 5.69 Å². The lowest BCUT2D eigenvalue weighted by Gasteiger charge is -2.18. The van der Waals surface area contributed by atoms with E-state index in [0.717, 1.165) is 27.1 Å². The number of hydrogen-bond donors (Lipinski definition) is 0. The molecule has 0 spiro atoms. The Morgan fingerprint density at radius 3 is 2.69 bits per heavy atom. The first-order valence-electron chi connectivity index (χ1n) is 9.52. The maximum atomic E-state index is 12.9. The number of amides is 1. The van der Waals surface area contributed by atoms with Gasteiger partial charge in [-0.05, 0) is 30.0 Å². The average molecular weight is 410 g/mol. The van der Waals surface area contributed by atoms with Gasteiger partial charge in [0, 0.05) is 37.4 Å². The van der Waals surface area contributed by atoms with Crippen molar-refractivity contribution < 1.29 is 4.79 Å². The number of rotatable bonds is 4. The molecule has 0 aliphatic carbocycles. The highest BCUT2D eigenvalue weighted by Crippen LogP contribution is 2.31. The topological polar surface area (TPSA) is 77.2 Å². The summed E-state index contributed by atoms with van der Waals surface area (Å²) in [4.78, 5) is 44.9. The maximum absolute atomic E-state index is 12.9. The molecule has 2 aromatic heterocycles. The summed E-state index contributed by atoms with van der Waals surface area (Å²) < 4.78 is 2.46. The number of anilines is 1. The Morgan fingerprint density at radius 1 is 1.17 bits per heavy atom. The monoisotopic (exact) mass is 410 g/mol. The van der Waals surface area contributed by atoms with E-state index in [1.165, 1.54) is 28.9 Å². The molecular formula is C21H22N4O3S. The molecule has 1 aromatic carbocycles. The standard InChI is InChI=1S/C21H22N4O3S/c1-4-13-11-22-19-17(20(27)24(3)21(28)23(19)2)18(13)29-12-16(26)25-10-9-14-7-5-6-8-15(14)25/h5-8,11H,4,9-10,12H2,1-3H3. The minimum absolute atomic E-state index is 0.00797. The molecule has 4 rings (SSSR count). The van der Waals surface area contributed by atoms with Crippen molar-refractivity contribution in [2.45, 2.75) is 24.7 Å². The van der Waals surface area contributed by atoms with Gasteiger partial charge >= 0.3 is 5.69 Å². The number of fused-ring (bicyclic) bond motifs is 2. The number of pyridine rings is 1. The summed E-state index contributed by atoms with van der Waals surface area (Å²) in [5.74, 6) is 0.223. The molecule has 8 heteroatoms. The maximum Gasteiger partial charge on any atom is 0.332 e. The van der Waals surface area contributed by atoms with Crippen LogP contribution in [0.2, 0.25) is 0 Å². The van der Waals surface area contributed by atoms with Gasteiger partial charge in [-0.2, -0.15) is 0 Å². The highest BCUT2D eigenvalue weighted by molar-refractivity contribution is 8.00. The number of thioether (sulfide) groups is 1. The van der Waals surface area contributed by atoms with Crippen molar-refractivity contribution in [1.29, 1.82) is 0 Å². The Hall–Kier alpha value is -2.87. The molecule has 1 aliphatic rings. The fraction of sp³-hybridized carbons (Fsp3) is 0.333. The van der Waals surface area contributed by atoms with Gasteiger partial charge in [-0.15, -0.1) is 11.8 Å².